The minimum absolute atomic E-state index is 0.0333. The maximum Gasteiger partial charge on any atom is 0.272 e. The fourth-order valence-electron chi connectivity index (χ4n) is 4.44. The molecule has 202 valence electrons. The highest BCUT2D eigenvalue weighted by Gasteiger charge is 2.31. The molecule has 0 spiro atoms. The second kappa shape index (κ2) is 12.4. The maximum absolute atomic E-state index is 12.3. The van der Waals surface area contributed by atoms with Crippen LogP contribution in [0.5, 0.6) is 5.75 Å². The molecule has 1 aliphatic rings. The van der Waals surface area contributed by atoms with E-state index in [1.165, 1.54) is 6.08 Å². The van der Waals surface area contributed by atoms with Crippen LogP contribution in [0, 0.1) is 22.7 Å². The molecule has 1 unspecified atom stereocenters. The first kappa shape index (κ1) is 28.9. The van der Waals surface area contributed by atoms with Crippen molar-refractivity contribution >= 4 is 44.6 Å². The molecule has 1 N–H and O–H groups in total. The number of anilines is 1. The van der Waals surface area contributed by atoms with Gasteiger partial charge >= 0.3 is 0 Å². The third-order valence-electron chi connectivity index (χ3n) is 6.28. The smallest absolute Gasteiger partial charge is 0.272 e. The van der Waals surface area contributed by atoms with Crippen molar-refractivity contribution in [1.82, 2.24) is 0 Å². The minimum Gasteiger partial charge on any atom is -0.439 e. The average molecular weight is 593 g/mol. The van der Waals surface area contributed by atoms with Gasteiger partial charge in [-0.1, -0.05) is 65.7 Å². The predicted molar refractivity (Wildman–Crippen MR) is 156 cm³/mol. The summed E-state index contributed by atoms with van der Waals surface area (Å²) in [7, 11) is -4.42. The highest BCUT2D eigenvalue weighted by atomic mass is 35.5. The number of hydrogen-bond donors (Lipinski definition) is 1. The molecule has 1 heterocycles. The molecule has 0 amide bonds. The van der Waals surface area contributed by atoms with Crippen LogP contribution >= 0.6 is 23.2 Å². The van der Waals surface area contributed by atoms with Gasteiger partial charge in [0, 0.05) is 33.8 Å². The molecule has 4 rings (SSSR count). The number of rotatable bonds is 8. The van der Waals surface area contributed by atoms with Crippen LogP contribution in [0.1, 0.15) is 29.7 Å². The second-order valence-electron chi connectivity index (χ2n) is 8.89. The summed E-state index contributed by atoms with van der Waals surface area (Å²) >= 11 is 12.4. The third kappa shape index (κ3) is 6.56. The summed E-state index contributed by atoms with van der Waals surface area (Å²) in [6.07, 6.45) is 3.14. The molecule has 1 aliphatic heterocycles. The van der Waals surface area contributed by atoms with E-state index in [0.717, 1.165) is 0 Å². The molecular weight excluding hydrogens is 569 g/mol. The van der Waals surface area contributed by atoms with Crippen LogP contribution < -0.4 is 9.64 Å². The minimum atomic E-state index is -4.42. The van der Waals surface area contributed by atoms with Crippen LogP contribution in [0.15, 0.2) is 102 Å². The Morgan fingerprint density at radius 3 is 2.40 bits per heavy atom. The molecule has 0 aromatic heterocycles. The lowest BCUT2D eigenvalue weighted by atomic mass is 9.94. The molecule has 0 saturated heterocycles. The quantitative estimate of drug-likeness (QED) is 0.164. The first-order chi connectivity index (χ1) is 19.1. The van der Waals surface area contributed by atoms with Gasteiger partial charge in [-0.2, -0.15) is 18.9 Å². The van der Waals surface area contributed by atoms with E-state index in [-0.39, 0.29) is 18.5 Å². The lowest BCUT2D eigenvalue weighted by Gasteiger charge is -2.21. The zero-order valence-electron chi connectivity index (χ0n) is 21.3. The molecule has 10 heteroatoms. The number of hydrogen-bond acceptors (Lipinski definition) is 6. The third-order valence-corrected chi connectivity index (χ3v) is 7.97. The van der Waals surface area contributed by atoms with Gasteiger partial charge in [0.2, 0.25) is 5.88 Å². The van der Waals surface area contributed by atoms with Gasteiger partial charge < -0.3 is 9.64 Å². The van der Waals surface area contributed by atoms with Crippen LogP contribution in [0.2, 0.25) is 10.0 Å². The zero-order chi connectivity index (χ0) is 28.9. The summed E-state index contributed by atoms with van der Waals surface area (Å²) in [6.45, 7) is 1.76. The Morgan fingerprint density at radius 2 is 1.75 bits per heavy atom. The van der Waals surface area contributed by atoms with E-state index in [1.807, 2.05) is 0 Å². The van der Waals surface area contributed by atoms with Gasteiger partial charge in [0.05, 0.1) is 23.4 Å². The summed E-state index contributed by atoms with van der Waals surface area (Å²) in [6, 6.07) is 24.6. The SMILES string of the molecule is C/C(C#N)=C(/C(C#N)=C/C=C1\Oc2ccc(Cl)cc2N1CCC(c1ccccc1)S(=O)(=O)O)c1cccc(Cl)c1. The molecule has 3 aromatic rings. The van der Waals surface area contributed by atoms with E-state index in [0.29, 0.717) is 49.6 Å². The lowest BCUT2D eigenvalue weighted by molar-refractivity contribution is 0.433. The van der Waals surface area contributed by atoms with E-state index in [2.05, 4.69) is 12.1 Å². The van der Waals surface area contributed by atoms with Crippen LogP contribution in [0.4, 0.5) is 5.69 Å². The largest absolute Gasteiger partial charge is 0.439 e. The summed E-state index contributed by atoms with van der Waals surface area (Å²) < 4.78 is 40.6. The molecular formula is C30H23Cl2N3O4S. The Bertz CT molecular complexity index is 1720. The topological polar surface area (TPSA) is 114 Å². The first-order valence-electron chi connectivity index (χ1n) is 12.1. The Morgan fingerprint density at radius 1 is 1.02 bits per heavy atom. The van der Waals surface area contributed by atoms with E-state index in [9.17, 15) is 23.5 Å². The lowest BCUT2D eigenvalue weighted by Crippen LogP contribution is -2.25. The van der Waals surface area contributed by atoms with Crippen LogP contribution in [0.3, 0.4) is 0 Å². The Labute approximate surface area is 243 Å². The predicted octanol–water partition coefficient (Wildman–Crippen LogP) is 7.50. The van der Waals surface area contributed by atoms with E-state index in [4.69, 9.17) is 27.9 Å². The Balaban J connectivity index is 1.74. The first-order valence-corrected chi connectivity index (χ1v) is 14.3. The van der Waals surface area contributed by atoms with E-state index < -0.39 is 15.4 Å². The highest BCUT2D eigenvalue weighted by molar-refractivity contribution is 7.86. The van der Waals surface area contributed by atoms with Crippen molar-refractivity contribution < 1.29 is 17.7 Å². The fourth-order valence-corrected chi connectivity index (χ4v) is 5.70. The summed E-state index contributed by atoms with van der Waals surface area (Å²) in [5.74, 6) is 0.803. The van der Waals surface area contributed by atoms with Crippen molar-refractivity contribution in [2.45, 2.75) is 18.6 Å². The zero-order valence-corrected chi connectivity index (χ0v) is 23.6. The summed E-state index contributed by atoms with van der Waals surface area (Å²) in [5.41, 5.74) is 2.61. The number of halogens is 2. The van der Waals surface area contributed by atoms with Crippen molar-refractivity contribution in [3.63, 3.8) is 0 Å². The Kier molecular flexibility index (Phi) is 8.99. The summed E-state index contributed by atoms with van der Waals surface area (Å²) in [4.78, 5) is 1.73. The molecule has 40 heavy (non-hydrogen) atoms. The number of allylic oxidation sites excluding steroid dienone is 5. The normalized spacial score (nSPS) is 15.5. The van der Waals surface area contributed by atoms with E-state index >= 15 is 0 Å². The van der Waals surface area contributed by atoms with Crippen LogP contribution in [-0.2, 0) is 10.1 Å². The summed E-state index contributed by atoms with van der Waals surface area (Å²) in [5, 5.41) is 19.4. The number of nitriles is 2. The van der Waals surface area contributed by atoms with Crippen molar-refractivity contribution in [3.8, 4) is 17.9 Å². The molecule has 0 radical (unpaired) electrons. The monoisotopic (exact) mass is 591 g/mol. The molecule has 0 fully saturated rings. The van der Waals surface area contributed by atoms with Crippen molar-refractivity contribution in [2.24, 2.45) is 0 Å². The molecule has 3 aromatic carbocycles. The van der Waals surface area contributed by atoms with E-state index in [1.54, 1.807) is 90.7 Å². The van der Waals surface area contributed by atoms with Gasteiger partial charge in [0.25, 0.3) is 10.1 Å². The Hall–Kier alpha value is -4.05. The van der Waals surface area contributed by atoms with Gasteiger partial charge in [-0.05, 0) is 60.9 Å². The molecule has 0 bridgehead atoms. The molecule has 0 aliphatic carbocycles. The highest BCUT2D eigenvalue weighted by Crippen LogP contribution is 2.42. The average Bonchev–Trinajstić information content (AvgIpc) is 3.27. The molecule has 1 atom stereocenters. The number of benzene rings is 3. The van der Waals surface area contributed by atoms with Gasteiger partial charge in [0.1, 0.15) is 5.25 Å². The maximum atomic E-state index is 12.3. The van der Waals surface area contributed by atoms with Crippen molar-refractivity contribution in [3.05, 3.63) is 123 Å². The van der Waals surface area contributed by atoms with Crippen molar-refractivity contribution in [2.75, 3.05) is 11.4 Å². The second-order valence-corrected chi connectivity index (χ2v) is 11.4. The fraction of sp³-hybridized carbons (Fsp3) is 0.133. The number of fused-ring (bicyclic) bond motifs is 1. The van der Waals surface area contributed by atoms with Gasteiger partial charge in [-0.3, -0.25) is 4.55 Å². The van der Waals surface area contributed by atoms with Gasteiger partial charge in [-0.25, -0.2) is 0 Å². The molecule has 0 saturated carbocycles. The number of ether oxygens (including phenoxy) is 1. The van der Waals surface area contributed by atoms with Crippen LogP contribution in [0.25, 0.3) is 5.57 Å². The standard InChI is InChI=1S/C30H23Cl2N3O4S/c1-20(18-33)30(22-8-5-9-24(31)16-22)23(19-34)10-13-29-35(26-17-25(32)11-12-27(26)39-29)15-14-28(40(36,37)38)21-6-3-2-4-7-21/h2-13,16-17,28H,14-15H2,1H3,(H,36,37,38)/b23-10+,29-13-,30-20-. The number of nitrogens with zero attached hydrogens (tertiary/aromatic N) is 3. The molecule has 7 nitrogen and oxygen atoms in total. The van der Waals surface area contributed by atoms with Crippen LogP contribution in [-0.4, -0.2) is 19.5 Å². The van der Waals surface area contributed by atoms with Gasteiger partial charge in [0.15, 0.2) is 5.75 Å². The van der Waals surface area contributed by atoms with Crippen molar-refractivity contribution in [1.29, 1.82) is 10.5 Å². The van der Waals surface area contributed by atoms with Gasteiger partial charge in [-0.15, -0.1) is 0 Å².